The molecule has 2 aliphatic rings. The highest BCUT2D eigenvalue weighted by molar-refractivity contribution is 7.92. The predicted octanol–water partition coefficient (Wildman–Crippen LogP) is 0.324. The number of nitrogens with zero attached hydrogens (tertiary/aromatic N) is 2. The molecule has 8 nitrogen and oxygen atoms in total. The molecule has 1 saturated heterocycles. The first kappa shape index (κ1) is 17.7. The number of carbonyl (C=O) groups is 2. The third-order valence-corrected chi connectivity index (χ3v) is 5.61. The Morgan fingerprint density at radius 1 is 1.28 bits per heavy atom. The van der Waals surface area contributed by atoms with E-state index in [0.29, 0.717) is 37.2 Å². The quantitative estimate of drug-likeness (QED) is 0.824. The topological polar surface area (TPSA) is 104 Å². The van der Waals surface area contributed by atoms with E-state index in [9.17, 15) is 18.0 Å². The van der Waals surface area contributed by atoms with E-state index in [4.69, 9.17) is 9.84 Å². The fourth-order valence-corrected chi connectivity index (χ4v) is 4.20. The number of anilines is 1. The van der Waals surface area contributed by atoms with E-state index in [1.807, 2.05) is 0 Å². The van der Waals surface area contributed by atoms with E-state index in [2.05, 4.69) is 0 Å². The third kappa shape index (κ3) is 3.62. The SMILES string of the molecule is CS(=O)(=O)N1CCCc2cc(C(=O)N3CCO[C@@H](C(=O)O)C3)ccc21. The molecule has 3 rings (SSSR count). The average molecular weight is 368 g/mol. The van der Waals surface area contributed by atoms with Gasteiger partial charge in [0, 0.05) is 18.7 Å². The fourth-order valence-electron chi connectivity index (χ4n) is 3.21. The number of aliphatic carboxylic acids is 1. The van der Waals surface area contributed by atoms with Gasteiger partial charge >= 0.3 is 5.97 Å². The van der Waals surface area contributed by atoms with Gasteiger partial charge in [-0.25, -0.2) is 13.2 Å². The van der Waals surface area contributed by atoms with Crippen LogP contribution >= 0.6 is 0 Å². The van der Waals surface area contributed by atoms with Gasteiger partial charge in [0.15, 0.2) is 6.10 Å². The maximum atomic E-state index is 12.7. The molecule has 1 atom stereocenters. The molecule has 136 valence electrons. The number of carboxylic acids is 1. The molecule has 0 saturated carbocycles. The van der Waals surface area contributed by atoms with Gasteiger partial charge in [0.25, 0.3) is 5.91 Å². The number of hydrogen-bond acceptors (Lipinski definition) is 5. The van der Waals surface area contributed by atoms with Crippen LogP contribution in [0.25, 0.3) is 0 Å². The summed E-state index contributed by atoms with van der Waals surface area (Å²) in [4.78, 5) is 25.2. The largest absolute Gasteiger partial charge is 0.479 e. The highest BCUT2D eigenvalue weighted by Gasteiger charge is 2.30. The molecule has 0 bridgehead atoms. The summed E-state index contributed by atoms with van der Waals surface area (Å²) in [6.07, 6.45) is 1.54. The van der Waals surface area contributed by atoms with Gasteiger partial charge in [0.05, 0.1) is 25.1 Å². The lowest BCUT2D eigenvalue weighted by Crippen LogP contribution is -2.48. The Bertz CT molecular complexity index is 807. The summed E-state index contributed by atoms with van der Waals surface area (Å²) in [6, 6.07) is 4.95. The standard InChI is InChI=1S/C16H20N2O6S/c1-25(22,23)18-6-2-3-11-9-12(4-5-13(11)18)15(19)17-7-8-24-14(10-17)16(20)21/h4-5,9,14H,2-3,6-8,10H2,1H3,(H,20,21)/t14-/m1/s1. The summed E-state index contributed by atoms with van der Waals surface area (Å²) in [6.45, 7) is 0.939. The number of benzene rings is 1. The number of sulfonamides is 1. The molecule has 1 fully saturated rings. The zero-order valence-corrected chi connectivity index (χ0v) is 14.7. The summed E-state index contributed by atoms with van der Waals surface area (Å²) in [5.41, 5.74) is 1.85. The second kappa shape index (κ2) is 6.64. The lowest BCUT2D eigenvalue weighted by molar-refractivity contribution is -0.154. The van der Waals surface area contributed by atoms with Gasteiger partial charge in [-0.2, -0.15) is 0 Å². The van der Waals surface area contributed by atoms with Crippen molar-refractivity contribution in [1.29, 1.82) is 0 Å². The number of hydrogen-bond donors (Lipinski definition) is 1. The van der Waals surface area contributed by atoms with Crippen LogP contribution in [-0.4, -0.2) is 68.9 Å². The van der Waals surface area contributed by atoms with Crippen LogP contribution in [0.15, 0.2) is 18.2 Å². The molecule has 1 aromatic rings. The third-order valence-electron chi connectivity index (χ3n) is 4.43. The van der Waals surface area contributed by atoms with Crippen LogP contribution in [0.2, 0.25) is 0 Å². The van der Waals surface area contributed by atoms with E-state index in [1.165, 1.54) is 15.5 Å². The number of carbonyl (C=O) groups excluding carboxylic acids is 1. The first-order valence-corrected chi connectivity index (χ1v) is 9.86. The van der Waals surface area contributed by atoms with Crippen LogP contribution in [0.3, 0.4) is 0 Å². The number of ether oxygens (including phenoxy) is 1. The molecule has 0 radical (unpaired) electrons. The fraction of sp³-hybridized carbons (Fsp3) is 0.500. The van der Waals surface area contributed by atoms with Crippen molar-refractivity contribution in [2.45, 2.75) is 18.9 Å². The predicted molar refractivity (Wildman–Crippen MR) is 90.2 cm³/mol. The first-order valence-electron chi connectivity index (χ1n) is 8.01. The smallest absolute Gasteiger partial charge is 0.334 e. The van der Waals surface area contributed by atoms with Gasteiger partial charge in [-0.3, -0.25) is 9.10 Å². The van der Waals surface area contributed by atoms with Crippen LogP contribution < -0.4 is 4.31 Å². The molecule has 25 heavy (non-hydrogen) atoms. The van der Waals surface area contributed by atoms with Crippen LogP contribution in [0.5, 0.6) is 0 Å². The van der Waals surface area contributed by atoms with E-state index in [0.717, 1.165) is 5.56 Å². The molecule has 1 N–H and O–H groups in total. The minimum absolute atomic E-state index is 0.000710. The number of rotatable bonds is 3. The second-order valence-corrected chi connectivity index (χ2v) is 8.14. The monoisotopic (exact) mass is 368 g/mol. The molecule has 2 aliphatic heterocycles. The Morgan fingerprint density at radius 2 is 2.04 bits per heavy atom. The van der Waals surface area contributed by atoms with Crippen LogP contribution in [0.1, 0.15) is 22.3 Å². The molecular formula is C16H20N2O6S. The molecule has 0 aliphatic carbocycles. The van der Waals surface area contributed by atoms with Crippen molar-refractivity contribution in [2.24, 2.45) is 0 Å². The summed E-state index contributed by atoms with van der Waals surface area (Å²) >= 11 is 0. The van der Waals surface area contributed by atoms with Crippen LogP contribution in [0, 0.1) is 0 Å². The van der Waals surface area contributed by atoms with E-state index in [1.54, 1.807) is 18.2 Å². The lowest BCUT2D eigenvalue weighted by Gasteiger charge is -2.32. The molecule has 0 spiro atoms. The van der Waals surface area contributed by atoms with Crippen molar-refractivity contribution in [2.75, 3.05) is 36.8 Å². The molecule has 0 aromatic heterocycles. The molecule has 0 unspecified atom stereocenters. The molecule has 1 aromatic carbocycles. The second-order valence-electron chi connectivity index (χ2n) is 6.23. The van der Waals surface area contributed by atoms with E-state index in [-0.39, 0.29) is 19.1 Å². The van der Waals surface area contributed by atoms with Crippen molar-refractivity contribution in [3.63, 3.8) is 0 Å². The first-order chi connectivity index (χ1) is 11.8. The van der Waals surface area contributed by atoms with Crippen LogP contribution in [-0.2, 0) is 26.0 Å². The van der Waals surface area contributed by atoms with Gasteiger partial charge in [-0.1, -0.05) is 0 Å². The van der Waals surface area contributed by atoms with Crippen molar-refractivity contribution in [3.8, 4) is 0 Å². The zero-order chi connectivity index (χ0) is 18.2. The maximum absolute atomic E-state index is 12.7. The Labute approximate surface area is 146 Å². The van der Waals surface area contributed by atoms with Crippen molar-refractivity contribution in [3.05, 3.63) is 29.3 Å². The number of fused-ring (bicyclic) bond motifs is 1. The molecule has 9 heteroatoms. The molecule has 2 heterocycles. The average Bonchev–Trinajstić information content (AvgIpc) is 2.59. The highest BCUT2D eigenvalue weighted by Crippen LogP contribution is 2.30. The lowest BCUT2D eigenvalue weighted by atomic mass is 10.00. The highest BCUT2D eigenvalue weighted by atomic mass is 32.2. The Balaban J connectivity index is 1.84. The number of morpholine rings is 1. The number of carboxylic acid groups (broad SMARTS) is 1. The van der Waals surface area contributed by atoms with Gasteiger partial charge in [0.2, 0.25) is 10.0 Å². The molecule has 1 amide bonds. The van der Waals surface area contributed by atoms with Gasteiger partial charge in [-0.05, 0) is 36.6 Å². The van der Waals surface area contributed by atoms with Crippen LogP contribution in [0.4, 0.5) is 5.69 Å². The van der Waals surface area contributed by atoms with Crippen molar-refractivity contribution < 1.29 is 27.9 Å². The van der Waals surface area contributed by atoms with E-state index < -0.39 is 22.1 Å². The Morgan fingerprint density at radius 3 is 2.72 bits per heavy atom. The summed E-state index contributed by atoms with van der Waals surface area (Å²) in [5.74, 6) is -1.36. The minimum Gasteiger partial charge on any atom is -0.479 e. The van der Waals surface area contributed by atoms with Gasteiger partial charge in [-0.15, -0.1) is 0 Å². The van der Waals surface area contributed by atoms with Gasteiger partial charge < -0.3 is 14.7 Å². The Kier molecular flexibility index (Phi) is 4.70. The number of amides is 1. The Hall–Kier alpha value is -2.13. The number of aryl methyl sites for hydroxylation is 1. The summed E-state index contributed by atoms with van der Waals surface area (Å²) in [7, 11) is -3.35. The van der Waals surface area contributed by atoms with E-state index >= 15 is 0 Å². The summed E-state index contributed by atoms with van der Waals surface area (Å²) < 4.78 is 30.3. The molecular weight excluding hydrogens is 348 g/mol. The summed E-state index contributed by atoms with van der Waals surface area (Å²) in [5, 5.41) is 9.05. The maximum Gasteiger partial charge on any atom is 0.334 e. The normalized spacial score (nSPS) is 20.9. The minimum atomic E-state index is -3.35. The van der Waals surface area contributed by atoms with Gasteiger partial charge in [0.1, 0.15) is 0 Å². The zero-order valence-electron chi connectivity index (χ0n) is 13.8. The van der Waals surface area contributed by atoms with Crippen molar-refractivity contribution in [1.82, 2.24) is 4.90 Å². The van der Waals surface area contributed by atoms with Crippen molar-refractivity contribution >= 4 is 27.6 Å².